The first-order valence-electron chi connectivity index (χ1n) is 10.9. The van der Waals surface area contributed by atoms with Crippen LogP contribution in [0.15, 0.2) is 102 Å². The quantitative estimate of drug-likeness (QED) is 0.242. The molecular weight excluding hydrogens is 428 g/mol. The predicted octanol–water partition coefficient (Wildman–Crippen LogP) is 6.19. The molecule has 0 bridgehead atoms. The highest BCUT2D eigenvalue weighted by Crippen LogP contribution is 2.19. The topological polar surface area (TPSA) is 50.7 Å². The molecule has 0 aliphatic carbocycles. The molecule has 0 aliphatic heterocycles. The fourth-order valence-corrected chi connectivity index (χ4v) is 4.12. The molecule has 4 nitrogen and oxygen atoms in total. The van der Waals surface area contributed by atoms with Gasteiger partial charge in [0.05, 0.1) is 11.5 Å². The van der Waals surface area contributed by atoms with Crippen molar-refractivity contribution in [2.24, 2.45) is 5.10 Å². The highest BCUT2D eigenvalue weighted by atomic mass is 32.2. The van der Waals surface area contributed by atoms with Crippen LogP contribution in [-0.4, -0.2) is 17.4 Å². The van der Waals surface area contributed by atoms with E-state index in [9.17, 15) is 4.79 Å². The standard InChI is InChI=1S/C28H26N2O2S/c1-21(33-20-23-7-3-2-4-8-23)28(31)30-29-18-22-12-15-27(16-13-22)32-19-24-11-14-25-9-5-6-10-26(25)17-24/h2-18,21H,19-20H2,1H3,(H,30,31)/b29-18-/t21-/m0/s1. The molecule has 4 aromatic carbocycles. The number of carbonyl (C=O) groups excluding carboxylic acids is 1. The molecule has 0 radical (unpaired) electrons. The third-order valence-corrected chi connectivity index (χ3v) is 6.41. The van der Waals surface area contributed by atoms with E-state index >= 15 is 0 Å². The number of hydrogen-bond acceptors (Lipinski definition) is 4. The fourth-order valence-electron chi connectivity index (χ4n) is 3.28. The fraction of sp³-hybridized carbons (Fsp3) is 0.143. The Balaban J connectivity index is 1.23. The van der Waals surface area contributed by atoms with E-state index in [1.54, 1.807) is 18.0 Å². The molecule has 0 aromatic heterocycles. The van der Waals surface area contributed by atoms with Gasteiger partial charge in [-0.05, 0) is 64.7 Å². The Kier molecular flexibility index (Phi) is 7.77. The van der Waals surface area contributed by atoms with Crippen LogP contribution in [0.4, 0.5) is 0 Å². The van der Waals surface area contributed by atoms with E-state index in [1.807, 2.05) is 61.5 Å². The van der Waals surface area contributed by atoms with Crippen molar-refractivity contribution >= 4 is 34.7 Å². The van der Waals surface area contributed by atoms with Crippen LogP contribution < -0.4 is 10.2 Å². The van der Waals surface area contributed by atoms with Crippen molar-refractivity contribution in [1.82, 2.24) is 5.43 Å². The number of thioether (sulfide) groups is 1. The molecule has 0 saturated heterocycles. The molecule has 1 N–H and O–H groups in total. The van der Waals surface area contributed by atoms with Crippen LogP contribution in [-0.2, 0) is 17.2 Å². The minimum Gasteiger partial charge on any atom is -0.489 e. The summed E-state index contributed by atoms with van der Waals surface area (Å²) >= 11 is 1.59. The molecule has 4 rings (SSSR count). The number of hydrazone groups is 1. The zero-order valence-corrected chi connectivity index (χ0v) is 19.3. The van der Waals surface area contributed by atoms with Gasteiger partial charge < -0.3 is 4.74 Å². The molecule has 0 spiro atoms. The first kappa shape index (κ1) is 22.6. The highest BCUT2D eigenvalue weighted by Gasteiger charge is 2.12. The summed E-state index contributed by atoms with van der Waals surface area (Å²) in [5.74, 6) is 1.47. The number of carbonyl (C=O) groups is 1. The summed E-state index contributed by atoms with van der Waals surface area (Å²) in [6.07, 6.45) is 1.64. The Morgan fingerprint density at radius 2 is 1.64 bits per heavy atom. The second-order valence-corrected chi connectivity index (χ2v) is 9.04. The number of nitrogens with one attached hydrogen (secondary N) is 1. The molecule has 33 heavy (non-hydrogen) atoms. The number of ether oxygens (including phenoxy) is 1. The van der Waals surface area contributed by atoms with Gasteiger partial charge in [0.2, 0.25) is 0 Å². The molecule has 1 atom stereocenters. The van der Waals surface area contributed by atoms with Gasteiger partial charge in [-0.2, -0.15) is 5.10 Å². The third-order valence-electron chi connectivity index (χ3n) is 5.20. The maximum Gasteiger partial charge on any atom is 0.252 e. The smallest absolute Gasteiger partial charge is 0.252 e. The van der Waals surface area contributed by atoms with Crippen molar-refractivity contribution in [3.05, 3.63) is 114 Å². The number of fused-ring (bicyclic) bond motifs is 1. The monoisotopic (exact) mass is 454 g/mol. The van der Waals surface area contributed by atoms with Gasteiger partial charge in [0.1, 0.15) is 12.4 Å². The lowest BCUT2D eigenvalue weighted by molar-refractivity contribution is -0.120. The maximum absolute atomic E-state index is 12.2. The van der Waals surface area contributed by atoms with E-state index in [0.29, 0.717) is 6.61 Å². The van der Waals surface area contributed by atoms with Gasteiger partial charge in [-0.25, -0.2) is 5.43 Å². The van der Waals surface area contributed by atoms with Crippen molar-refractivity contribution in [3.63, 3.8) is 0 Å². The van der Waals surface area contributed by atoms with Gasteiger partial charge >= 0.3 is 0 Å². The van der Waals surface area contributed by atoms with E-state index in [2.05, 4.69) is 53.0 Å². The van der Waals surface area contributed by atoms with Gasteiger partial charge in [-0.3, -0.25) is 4.79 Å². The largest absolute Gasteiger partial charge is 0.489 e. The van der Waals surface area contributed by atoms with E-state index in [-0.39, 0.29) is 11.2 Å². The Hall–Kier alpha value is -3.57. The molecule has 0 heterocycles. The molecule has 0 saturated carbocycles. The van der Waals surface area contributed by atoms with Crippen molar-refractivity contribution in [2.75, 3.05) is 0 Å². The van der Waals surface area contributed by atoms with Gasteiger partial charge in [-0.15, -0.1) is 11.8 Å². The second kappa shape index (κ2) is 11.3. The normalized spacial score (nSPS) is 12.0. The summed E-state index contributed by atoms with van der Waals surface area (Å²) in [6.45, 7) is 2.40. The van der Waals surface area contributed by atoms with Crippen LogP contribution >= 0.6 is 11.8 Å². The summed E-state index contributed by atoms with van der Waals surface area (Å²) in [5, 5.41) is 6.34. The number of rotatable bonds is 9. The van der Waals surface area contributed by atoms with E-state index in [4.69, 9.17) is 4.74 Å². The minimum absolute atomic E-state index is 0.109. The Morgan fingerprint density at radius 1 is 0.909 bits per heavy atom. The molecule has 1 amide bonds. The molecular formula is C28H26N2O2S. The average Bonchev–Trinajstić information content (AvgIpc) is 2.87. The molecule has 5 heteroatoms. The summed E-state index contributed by atoms with van der Waals surface area (Å²) in [4.78, 5) is 12.2. The number of benzene rings is 4. The molecule has 0 unspecified atom stereocenters. The van der Waals surface area contributed by atoms with Crippen molar-refractivity contribution in [3.8, 4) is 5.75 Å². The van der Waals surface area contributed by atoms with Crippen LogP contribution in [0.5, 0.6) is 5.75 Å². The molecule has 0 fully saturated rings. The first-order chi connectivity index (χ1) is 16.2. The first-order valence-corrected chi connectivity index (χ1v) is 11.9. The van der Waals surface area contributed by atoms with Crippen molar-refractivity contribution in [1.29, 1.82) is 0 Å². The zero-order valence-electron chi connectivity index (χ0n) is 18.5. The van der Waals surface area contributed by atoms with Crippen LogP contribution in [0.2, 0.25) is 0 Å². The zero-order chi connectivity index (χ0) is 22.9. The Morgan fingerprint density at radius 3 is 2.42 bits per heavy atom. The van der Waals surface area contributed by atoms with Crippen molar-refractivity contribution < 1.29 is 9.53 Å². The SMILES string of the molecule is C[C@H](SCc1ccccc1)C(=O)N/N=C\c1ccc(OCc2ccc3ccccc3c2)cc1. The summed E-state index contributed by atoms with van der Waals surface area (Å²) < 4.78 is 5.92. The lowest BCUT2D eigenvalue weighted by Crippen LogP contribution is -2.26. The molecule has 4 aromatic rings. The van der Waals surface area contributed by atoms with Crippen LogP contribution in [0, 0.1) is 0 Å². The molecule has 0 aliphatic rings. The van der Waals surface area contributed by atoms with Crippen LogP contribution in [0.25, 0.3) is 10.8 Å². The van der Waals surface area contributed by atoms with Gasteiger partial charge in [-0.1, -0.05) is 66.7 Å². The third kappa shape index (κ3) is 6.70. The van der Waals surface area contributed by atoms with Gasteiger partial charge in [0.15, 0.2) is 0 Å². The molecule has 166 valence electrons. The number of amides is 1. The highest BCUT2D eigenvalue weighted by molar-refractivity contribution is 7.99. The summed E-state index contributed by atoms with van der Waals surface area (Å²) in [5.41, 5.74) is 5.84. The van der Waals surface area contributed by atoms with Crippen LogP contribution in [0.3, 0.4) is 0 Å². The Bertz CT molecular complexity index is 1220. The van der Waals surface area contributed by atoms with E-state index in [0.717, 1.165) is 22.6 Å². The average molecular weight is 455 g/mol. The van der Waals surface area contributed by atoms with E-state index < -0.39 is 0 Å². The number of hydrogen-bond donors (Lipinski definition) is 1. The minimum atomic E-state index is -0.187. The Labute approximate surface area is 198 Å². The van der Waals surface area contributed by atoms with Gasteiger partial charge in [0, 0.05) is 5.75 Å². The van der Waals surface area contributed by atoms with Gasteiger partial charge in [0.25, 0.3) is 5.91 Å². The van der Waals surface area contributed by atoms with Crippen molar-refractivity contribution in [2.45, 2.75) is 24.5 Å². The second-order valence-electron chi connectivity index (χ2n) is 7.71. The summed E-state index contributed by atoms with van der Waals surface area (Å²) in [6, 6.07) is 32.4. The maximum atomic E-state index is 12.2. The lowest BCUT2D eigenvalue weighted by atomic mass is 10.1. The predicted molar refractivity (Wildman–Crippen MR) is 138 cm³/mol. The van der Waals surface area contributed by atoms with Crippen LogP contribution in [0.1, 0.15) is 23.6 Å². The summed E-state index contributed by atoms with van der Waals surface area (Å²) in [7, 11) is 0. The number of nitrogens with zero attached hydrogens (tertiary/aromatic N) is 1. The lowest BCUT2D eigenvalue weighted by Gasteiger charge is -2.09. The van der Waals surface area contributed by atoms with E-state index in [1.165, 1.54) is 16.3 Å².